The zero-order chi connectivity index (χ0) is 14.8. The van der Waals surface area contributed by atoms with Crippen LogP contribution in [-0.2, 0) is 4.79 Å². The number of nitrogens with one attached hydrogen (secondary N) is 2. The molecule has 2 aromatic rings. The van der Waals surface area contributed by atoms with Gasteiger partial charge in [-0.25, -0.2) is 4.98 Å². The van der Waals surface area contributed by atoms with Crippen molar-refractivity contribution < 1.29 is 4.79 Å². The van der Waals surface area contributed by atoms with Crippen molar-refractivity contribution in [3.63, 3.8) is 0 Å². The predicted octanol–water partition coefficient (Wildman–Crippen LogP) is 3.26. The molecule has 1 atom stereocenters. The molecule has 6 heteroatoms. The third-order valence-corrected chi connectivity index (χ3v) is 4.91. The third-order valence-electron chi connectivity index (χ3n) is 3.82. The number of carbonyl (C=O) groups is 1. The first-order valence-electron chi connectivity index (χ1n) is 6.87. The van der Waals surface area contributed by atoms with E-state index in [0.29, 0.717) is 16.1 Å². The summed E-state index contributed by atoms with van der Waals surface area (Å²) in [7, 11) is 0. The Labute approximate surface area is 132 Å². The summed E-state index contributed by atoms with van der Waals surface area (Å²) >= 11 is 7.58. The van der Waals surface area contributed by atoms with Crippen molar-refractivity contribution in [2.45, 2.75) is 6.92 Å². The molecule has 21 heavy (non-hydrogen) atoms. The Balaban J connectivity index is 1.70. The molecule has 1 aromatic heterocycles. The van der Waals surface area contributed by atoms with Gasteiger partial charge in [0, 0.05) is 21.9 Å². The summed E-state index contributed by atoms with van der Waals surface area (Å²) < 4.78 is 0. The molecule has 0 radical (unpaired) electrons. The number of thiazole rings is 1. The second kappa shape index (κ2) is 6.13. The minimum absolute atomic E-state index is 0.00101. The summed E-state index contributed by atoms with van der Waals surface area (Å²) in [5.74, 6) is 0.452. The van der Waals surface area contributed by atoms with Gasteiger partial charge in [0.25, 0.3) is 0 Å². The van der Waals surface area contributed by atoms with E-state index < -0.39 is 0 Å². The third kappa shape index (κ3) is 3.10. The van der Waals surface area contributed by atoms with Crippen LogP contribution in [0.3, 0.4) is 0 Å². The molecule has 4 nitrogen and oxygen atoms in total. The maximum absolute atomic E-state index is 12.2. The lowest BCUT2D eigenvalue weighted by molar-refractivity contribution is -0.121. The number of aromatic nitrogens is 1. The van der Waals surface area contributed by atoms with Crippen LogP contribution in [0.5, 0.6) is 0 Å². The summed E-state index contributed by atoms with van der Waals surface area (Å²) in [4.78, 5) is 16.6. The van der Waals surface area contributed by atoms with Crippen LogP contribution in [0, 0.1) is 11.8 Å². The highest BCUT2D eigenvalue weighted by atomic mass is 35.5. The van der Waals surface area contributed by atoms with Crippen LogP contribution in [0.15, 0.2) is 29.6 Å². The Morgan fingerprint density at radius 1 is 1.48 bits per heavy atom. The minimum Gasteiger partial charge on any atom is -0.316 e. The number of amides is 1. The SMILES string of the molecule is CC(C(=O)Nc1nc(-c2ccccc2Cl)cs1)C1CNC1. The fourth-order valence-electron chi connectivity index (χ4n) is 2.22. The molecule has 0 aliphatic carbocycles. The standard InChI is InChI=1S/C15H16ClN3OS/c1-9(10-6-17-7-10)14(20)19-15-18-13(8-21-15)11-4-2-3-5-12(11)16/h2-5,8-10,17H,6-7H2,1H3,(H,18,19,20). The van der Waals surface area contributed by atoms with E-state index >= 15 is 0 Å². The molecule has 1 unspecified atom stereocenters. The second-order valence-electron chi connectivity index (χ2n) is 5.21. The molecular formula is C15H16ClN3OS. The van der Waals surface area contributed by atoms with Crippen molar-refractivity contribution in [3.8, 4) is 11.3 Å². The molecule has 3 rings (SSSR count). The molecule has 1 saturated heterocycles. The van der Waals surface area contributed by atoms with Crippen LogP contribution in [-0.4, -0.2) is 24.0 Å². The van der Waals surface area contributed by atoms with Gasteiger partial charge in [0.15, 0.2) is 5.13 Å². The van der Waals surface area contributed by atoms with E-state index in [1.807, 2.05) is 36.6 Å². The molecule has 1 fully saturated rings. The van der Waals surface area contributed by atoms with Crippen LogP contribution in [0.2, 0.25) is 5.02 Å². The van der Waals surface area contributed by atoms with E-state index in [9.17, 15) is 4.79 Å². The number of hydrogen-bond acceptors (Lipinski definition) is 4. The fraction of sp³-hybridized carbons (Fsp3) is 0.333. The molecule has 1 aliphatic rings. The number of halogens is 1. The van der Waals surface area contributed by atoms with Crippen molar-refractivity contribution in [2.75, 3.05) is 18.4 Å². The van der Waals surface area contributed by atoms with E-state index in [-0.39, 0.29) is 11.8 Å². The highest BCUT2D eigenvalue weighted by Crippen LogP contribution is 2.30. The van der Waals surface area contributed by atoms with Crippen molar-refractivity contribution >= 4 is 34.0 Å². The summed E-state index contributed by atoms with van der Waals surface area (Å²) in [6, 6.07) is 7.56. The lowest BCUT2D eigenvalue weighted by Crippen LogP contribution is -2.48. The lowest BCUT2D eigenvalue weighted by Gasteiger charge is -2.31. The first-order valence-corrected chi connectivity index (χ1v) is 8.13. The van der Waals surface area contributed by atoms with Gasteiger partial charge in [0.1, 0.15) is 0 Å². The van der Waals surface area contributed by atoms with Gasteiger partial charge in [-0.2, -0.15) is 0 Å². The van der Waals surface area contributed by atoms with Gasteiger partial charge < -0.3 is 10.6 Å². The highest BCUT2D eigenvalue weighted by Gasteiger charge is 2.29. The molecular weight excluding hydrogens is 306 g/mol. The van der Waals surface area contributed by atoms with Gasteiger partial charge >= 0.3 is 0 Å². The molecule has 0 saturated carbocycles. The number of rotatable bonds is 4. The fourth-order valence-corrected chi connectivity index (χ4v) is 3.17. The number of hydrogen-bond donors (Lipinski definition) is 2. The highest BCUT2D eigenvalue weighted by molar-refractivity contribution is 7.14. The number of nitrogens with zero attached hydrogens (tertiary/aromatic N) is 1. The van der Waals surface area contributed by atoms with Gasteiger partial charge in [0.05, 0.1) is 5.69 Å². The van der Waals surface area contributed by atoms with Gasteiger partial charge in [0.2, 0.25) is 5.91 Å². The van der Waals surface area contributed by atoms with Crippen LogP contribution >= 0.6 is 22.9 Å². The second-order valence-corrected chi connectivity index (χ2v) is 6.48. The van der Waals surface area contributed by atoms with Crippen LogP contribution in [0.4, 0.5) is 5.13 Å². The number of anilines is 1. The molecule has 0 bridgehead atoms. The van der Waals surface area contributed by atoms with E-state index in [2.05, 4.69) is 15.6 Å². The Bertz CT molecular complexity index is 654. The van der Waals surface area contributed by atoms with E-state index in [1.54, 1.807) is 0 Å². The zero-order valence-corrected chi connectivity index (χ0v) is 13.2. The molecule has 2 heterocycles. The van der Waals surface area contributed by atoms with Crippen LogP contribution in [0.1, 0.15) is 6.92 Å². The molecule has 1 aliphatic heterocycles. The minimum atomic E-state index is -0.00101. The van der Waals surface area contributed by atoms with Crippen molar-refractivity contribution in [1.29, 1.82) is 0 Å². The Hall–Kier alpha value is -1.43. The summed E-state index contributed by atoms with van der Waals surface area (Å²) in [6.07, 6.45) is 0. The summed E-state index contributed by atoms with van der Waals surface area (Å²) in [5.41, 5.74) is 1.67. The topological polar surface area (TPSA) is 54.0 Å². The molecule has 2 N–H and O–H groups in total. The number of carbonyl (C=O) groups excluding carboxylic acids is 1. The smallest absolute Gasteiger partial charge is 0.229 e. The maximum atomic E-state index is 12.2. The molecule has 1 aromatic carbocycles. The van der Waals surface area contributed by atoms with Gasteiger partial charge in [-0.3, -0.25) is 4.79 Å². The van der Waals surface area contributed by atoms with Gasteiger partial charge in [-0.05, 0) is 25.1 Å². The Kier molecular flexibility index (Phi) is 4.24. The normalized spacial score (nSPS) is 16.3. The van der Waals surface area contributed by atoms with E-state index in [0.717, 1.165) is 24.3 Å². The quantitative estimate of drug-likeness (QED) is 0.909. The van der Waals surface area contributed by atoms with Crippen molar-refractivity contribution in [1.82, 2.24) is 10.3 Å². The average Bonchev–Trinajstić information content (AvgIpc) is 2.85. The molecule has 110 valence electrons. The molecule has 0 spiro atoms. The molecule has 1 amide bonds. The maximum Gasteiger partial charge on any atom is 0.229 e. The van der Waals surface area contributed by atoms with Gasteiger partial charge in [-0.1, -0.05) is 36.7 Å². The number of benzene rings is 1. The monoisotopic (exact) mass is 321 g/mol. The lowest BCUT2D eigenvalue weighted by atomic mass is 9.88. The van der Waals surface area contributed by atoms with Crippen molar-refractivity contribution in [3.05, 3.63) is 34.7 Å². The predicted molar refractivity (Wildman–Crippen MR) is 86.7 cm³/mol. The summed E-state index contributed by atoms with van der Waals surface area (Å²) in [6.45, 7) is 3.79. The van der Waals surface area contributed by atoms with Crippen LogP contribution < -0.4 is 10.6 Å². The average molecular weight is 322 g/mol. The van der Waals surface area contributed by atoms with Gasteiger partial charge in [-0.15, -0.1) is 11.3 Å². The zero-order valence-electron chi connectivity index (χ0n) is 11.6. The largest absolute Gasteiger partial charge is 0.316 e. The van der Waals surface area contributed by atoms with E-state index in [4.69, 9.17) is 11.6 Å². The first kappa shape index (κ1) is 14.5. The Morgan fingerprint density at radius 2 is 2.24 bits per heavy atom. The van der Waals surface area contributed by atoms with Crippen molar-refractivity contribution in [2.24, 2.45) is 11.8 Å². The van der Waals surface area contributed by atoms with Crippen LogP contribution in [0.25, 0.3) is 11.3 Å². The Morgan fingerprint density at radius 3 is 2.90 bits per heavy atom. The summed E-state index contributed by atoms with van der Waals surface area (Å²) in [5, 5.41) is 9.27. The van der Waals surface area contributed by atoms with E-state index in [1.165, 1.54) is 11.3 Å². The first-order chi connectivity index (χ1) is 10.1.